The average molecular weight is 235 g/mol. The second kappa shape index (κ2) is 6.77. The Morgan fingerprint density at radius 3 is 2.24 bits per heavy atom. The highest BCUT2D eigenvalue weighted by atomic mass is 16.3. The van der Waals surface area contributed by atoms with Crippen LogP contribution < -0.4 is 5.32 Å². The largest absolute Gasteiger partial charge is 0.393 e. The van der Waals surface area contributed by atoms with Gasteiger partial charge in [-0.1, -0.05) is 36.8 Å². The van der Waals surface area contributed by atoms with Gasteiger partial charge in [0.05, 0.1) is 6.10 Å². The van der Waals surface area contributed by atoms with Gasteiger partial charge in [0.15, 0.2) is 0 Å². The number of hydrogen-bond donors (Lipinski definition) is 2. The topological polar surface area (TPSA) is 32.3 Å². The first-order chi connectivity index (χ1) is 8.02. The lowest BCUT2D eigenvalue weighted by molar-refractivity contribution is 0.167. The number of rotatable bonds is 6. The highest BCUT2D eigenvalue weighted by Gasteiger charge is 2.13. The van der Waals surface area contributed by atoms with Crippen molar-refractivity contribution in [1.29, 1.82) is 0 Å². The molecule has 17 heavy (non-hydrogen) atoms. The van der Waals surface area contributed by atoms with E-state index < -0.39 is 0 Å². The van der Waals surface area contributed by atoms with Crippen LogP contribution in [0.2, 0.25) is 0 Å². The molecule has 0 saturated carbocycles. The summed E-state index contributed by atoms with van der Waals surface area (Å²) in [6, 6.07) is 9.39. The van der Waals surface area contributed by atoms with Crippen molar-refractivity contribution in [2.24, 2.45) is 0 Å². The van der Waals surface area contributed by atoms with Gasteiger partial charge in [-0.25, -0.2) is 0 Å². The number of nitrogens with one attached hydrogen (secondary N) is 1. The van der Waals surface area contributed by atoms with Crippen LogP contribution in [0.25, 0.3) is 0 Å². The summed E-state index contributed by atoms with van der Waals surface area (Å²) in [7, 11) is 0. The van der Waals surface area contributed by atoms with E-state index in [2.05, 4.69) is 50.4 Å². The van der Waals surface area contributed by atoms with Crippen LogP contribution in [0.15, 0.2) is 24.3 Å². The van der Waals surface area contributed by atoms with Gasteiger partial charge in [0.1, 0.15) is 0 Å². The molecule has 0 fully saturated rings. The van der Waals surface area contributed by atoms with Gasteiger partial charge in [-0.15, -0.1) is 0 Å². The lowest BCUT2D eigenvalue weighted by Gasteiger charge is -2.23. The van der Waals surface area contributed by atoms with E-state index in [9.17, 15) is 5.11 Å². The minimum atomic E-state index is -0.243. The molecule has 2 N–H and O–H groups in total. The Bertz CT molecular complexity index is 318. The zero-order chi connectivity index (χ0) is 12.8. The summed E-state index contributed by atoms with van der Waals surface area (Å²) in [5.74, 6) is 0. The molecule has 2 nitrogen and oxygen atoms in total. The summed E-state index contributed by atoms with van der Waals surface area (Å²) >= 11 is 0. The fourth-order valence-electron chi connectivity index (χ4n) is 2.17. The molecule has 0 amide bonds. The molecule has 0 spiro atoms. The number of benzene rings is 1. The van der Waals surface area contributed by atoms with Crippen LogP contribution in [0.4, 0.5) is 0 Å². The van der Waals surface area contributed by atoms with Gasteiger partial charge < -0.3 is 10.4 Å². The number of aryl methyl sites for hydroxylation is 1. The normalized spacial score (nSPS) is 16.5. The van der Waals surface area contributed by atoms with Gasteiger partial charge in [-0.2, -0.15) is 0 Å². The van der Waals surface area contributed by atoms with Crippen molar-refractivity contribution < 1.29 is 5.11 Å². The first kappa shape index (κ1) is 14.2. The predicted octanol–water partition coefficient (Wildman–Crippen LogP) is 3.20. The van der Waals surface area contributed by atoms with E-state index in [4.69, 9.17) is 0 Å². The molecule has 1 rings (SSSR count). The van der Waals surface area contributed by atoms with Crippen LogP contribution in [0, 0.1) is 6.92 Å². The van der Waals surface area contributed by atoms with Crippen molar-refractivity contribution in [3.8, 4) is 0 Å². The summed E-state index contributed by atoms with van der Waals surface area (Å²) in [5, 5.41) is 12.9. The lowest BCUT2D eigenvalue weighted by atomic mass is 10.0. The van der Waals surface area contributed by atoms with Crippen molar-refractivity contribution in [2.75, 3.05) is 0 Å². The first-order valence-electron chi connectivity index (χ1n) is 6.53. The first-order valence-corrected chi connectivity index (χ1v) is 6.53. The maximum atomic E-state index is 9.38. The molecule has 0 aliphatic rings. The molecule has 3 atom stereocenters. The fourth-order valence-corrected chi connectivity index (χ4v) is 2.17. The van der Waals surface area contributed by atoms with Gasteiger partial charge in [0, 0.05) is 12.1 Å². The van der Waals surface area contributed by atoms with Crippen molar-refractivity contribution in [2.45, 2.75) is 58.7 Å². The Hall–Kier alpha value is -0.860. The Balaban J connectivity index is 2.62. The van der Waals surface area contributed by atoms with Crippen LogP contribution in [-0.2, 0) is 0 Å². The lowest BCUT2D eigenvalue weighted by Crippen LogP contribution is -2.32. The third-order valence-electron chi connectivity index (χ3n) is 3.07. The minimum Gasteiger partial charge on any atom is -0.393 e. The Morgan fingerprint density at radius 2 is 1.76 bits per heavy atom. The fraction of sp³-hybridized carbons (Fsp3) is 0.600. The van der Waals surface area contributed by atoms with E-state index in [1.807, 2.05) is 6.92 Å². The van der Waals surface area contributed by atoms with Gasteiger partial charge >= 0.3 is 0 Å². The highest BCUT2D eigenvalue weighted by Crippen LogP contribution is 2.18. The summed E-state index contributed by atoms with van der Waals surface area (Å²) in [6.07, 6.45) is 1.61. The van der Waals surface area contributed by atoms with Crippen molar-refractivity contribution in [3.63, 3.8) is 0 Å². The van der Waals surface area contributed by atoms with Crippen LogP contribution >= 0.6 is 0 Å². The number of hydrogen-bond acceptors (Lipinski definition) is 2. The van der Waals surface area contributed by atoms with E-state index in [0.717, 1.165) is 12.8 Å². The standard InChI is InChI=1S/C15H25NO/c1-5-15(16-12(3)10-13(4)17)14-8-6-11(2)7-9-14/h6-9,12-13,15-17H,5,10H2,1-4H3. The highest BCUT2D eigenvalue weighted by molar-refractivity contribution is 5.24. The van der Waals surface area contributed by atoms with E-state index in [1.54, 1.807) is 0 Å². The minimum absolute atomic E-state index is 0.243. The van der Waals surface area contributed by atoms with Crippen LogP contribution in [0.1, 0.15) is 50.8 Å². The molecule has 0 aliphatic heterocycles. The zero-order valence-electron chi connectivity index (χ0n) is 11.4. The molecule has 0 aliphatic carbocycles. The Kier molecular flexibility index (Phi) is 5.66. The smallest absolute Gasteiger partial charge is 0.0526 e. The monoisotopic (exact) mass is 235 g/mol. The Morgan fingerprint density at radius 1 is 1.18 bits per heavy atom. The maximum absolute atomic E-state index is 9.38. The predicted molar refractivity (Wildman–Crippen MR) is 73.1 cm³/mol. The van der Waals surface area contributed by atoms with Gasteiger partial charge in [0.2, 0.25) is 0 Å². The molecule has 0 radical (unpaired) electrons. The van der Waals surface area contributed by atoms with Crippen LogP contribution in [0.3, 0.4) is 0 Å². The third kappa shape index (κ3) is 4.88. The number of aliphatic hydroxyl groups excluding tert-OH is 1. The summed E-state index contributed by atoms with van der Waals surface area (Å²) in [4.78, 5) is 0. The molecular weight excluding hydrogens is 210 g/mol. The zero-order valence-corrected chi connectivity index (χ0v) is 11.4. The molecule has 2 heteroatoms. The van der Waals surface area contributed by atoms with Gasteiger partial charge in [0.25, 0.3) is 0 Å². The van der Waals surface area contributed by atoms with E-state index in [-0.39, 0.29) is 6.10 Å². The molecule has 3 unspecified atom stereocenters. The molecular formula is C15H25NO. The van der Waals surface area contributed by atoms with Gasteiger partial charge in [-0.3, -0.25) is 0 Å². The molecule has 0 saturated heterocycles. The van der Waals surface area contributed by atoms with Crippen molar-refractivity contribution >= 4 is 0 Å². The molecule has 0 aromatic heterocycles. The SMILES string of the molecule is CCC(NC(C)CC(C)O)c1ccc(C)cc1. The molecule has 96 valence electrons. The second-order valence-corrected chi connectivity index (χ2v) is 5.02. The van der Waals surface area contributed by atoms with Crippen molar-refractivity contribution in [1.82, 2.24) is 5.32 Å². The van der Waals surface area contributed by atoms with Crippen molar-refractivity contribution in [3.05, 3.63) is 35.4 Å². The van der Waals surface area contributed by atoms with E-state index in [1.165, 1.54) is 11.1 Å². The third-order valence-corrected chi connectivity index (χ3v) is 3.07. The van der Waals surface area contributed by atoms with Crippen LogP contribution in [0.5, 0.6) is 0 Å². The summed E-state index contributed by atoms with van der Waals surface area (Å²) < 4.78 is 0. The van der Waals surface area contributed by atoms with Gasteiger partial charge in [-0.05, 0) is 39.2 Å². The molecule has 0 bridgehead atoms. The summed E-state index contributed by atoms with van der Waals surface area (Å²) in [6.45, 7) is 8.26. The maximum Gasteiger partial charge on any atom is 0.0526 e. The Labute approximate surface area is 105 Å². The molecule has 1 aromatic rings. The molecule has 0 heterocycles. The number of aliphatic hydroxyl groups is 1. The van der Waals surface area contributed by atoms with E-state index in [0.29, 0.717) is 12.1 Å². The van der Waals surface area contributed by atoms with Crippen LogP contribution in [-0.4, -0.2) is 17.3 Å². The second-order valence-electron chi connectivity index (χ2n) is 5.02. The quantitative estimate of drug-likeness (QED) is 0.793. The average Bonchev–Trinajstić information content (AvgIpc) is 2.26. The van der Waals surface area contributed by atoms with E-state index >= 15 is 0 Å². The summed E-state index contributed by atoms with van der Waals surface area (Å²) in [5.41, 5.74) is 2.62. The molecule has 1 aromatic carbocycles.